The van der Waals surface area contributed by atoms with E-state index in [0.29, 0.717) is 23.6 Å². The highest BCUT2D eigenvalue weighted by molar-refractivity contribution is 5.96. The average molecular weight is 295 g/mol. The lowest BCUT2D eigenvalue weighted by Gasteiger charge is -2.05. The Hall–Kier alpha value is -2.93. The van der Waals surface area contributed by atoms with Crippen LogP contribution in [0.1, 0.15) is 15.9 Å². The summed E-state index contributed by atoms with van der Waals surface area (Å²) in [4.78, 5) is 15.6. The minimum Gasteiger partial charge on any atom is -0.388 e. The first-order chi connectivity index (χ1) is 10.8. The molecule has 0 bridgehead atoms. The Morgan fingerprint density at radius 1 is 1.14 bits per heavy atom. The SMILES string of the molecule is O=C(CO)c1ccc(Cn2nnnc2-c2ccccn2)cc1. The molecule has 0 atom stereocenters. The van der Waals surface area contributed by atoms with E-state index in [1.54, 1.807) is 23.0 Å². The van der Waals surface area contributed by atoms with Crippen LogP contribution in [0.4, 0.5) is 0 Å². The summed E-state index contributed by atoms with van der Waals surface area (Å²) < 4.78 is 1.64. The van der Waals surface area contributed by atoms with Crippen LogP contribution in [0.15, 0.2) is 48.7 Å². The Bertz CT molecular complexity index is 768. The number of Topliss-reactive ketones (excluding diaryl/α,β-unsaturated/α-hetero) is 1. The zero-order valence-electron chi connectivity index (χ0n) is 11.6. The number of tetrazole rings is 1. The van der Waals surface area contributed by atoms with Gasteiger partial charge < -0.3 is 5.11 Å². The van der Waals surface area contributed by atoms with Crippen LogP contribution >= 0.6 is 0 Å². The van der Waals surface area contributed by atoms with Crippen molar-refractivity contribution in [2.24, 2.45) is 0 Å². The molecule has 7 nitrogen and oxygen atoms in total. The third kappa shape index (κ3) is 2.89. The van der Waals surface area contributed by atoms with Gasteiger partial charge in [0.2, 0.25) is 5.82 Å². The van der Waals surface area contributed by atoms with E-state index < -0.39 is 6.61 Å². The Labute approximate surface area is 126 Å². The molecule has 0 aliphatic carbocycles. The Balaban J connectivity index is 1.83. The van der Waals surface area contributed by atoms with E-state index in [0.717, 1.165) is 5.56 Å². The highest BCUT2D eigenvalue weighted by Gasteiger charge is 2.10. The molecule has 3 aromatic rings. The van der Waals surface area contributed by atoms with Gasteiger partial charge in [0, 0.05) is 11.8 Å². The molecule has 0 unspecified atom stereocenters. The summed E-state index contributed by atoms with van der Waals surface area (Å²) >= 11 is 0. The van der Waals surface area contributed by atoms with Gasteiger partial charge in [0.15, 0.2) is 5.78 Å². The van der Waals surface area contributed by atoms with Gasteiger partial charge in [0.05, 0.1) is 6.54 Å². The number of aliphatic hydroxyl groups excluding tert-OH is 1. The van der Waals surface area contributed by atoms with E-state index in [1.807, 2.05) is 30.3 Å². The summed E-state index contributed by atoms with van der Waals surface area (Å²) in [5.74, 6) is 0.277. The van der Waals surface area contributed by atoms with Crippen molar-refractivity contribution >= 4 is 5.78 Å². The van der Waals surface area contributed by atoms with Gasteiger partial charge in [-0.05, 0) is 28.1 Å². The Morgan fingerprint density at radius 2 is 1.95 bits per heavy atom. The predicted molar refractivity (Wildman–Crippen MR) is 78.0 cm³/mol. The fourth-order valence-corrected chi connectivity index (χ4v) is 2.05. The highest BCUT2D eigenvalue weighted by Crippen LogP contribution is 2.14. The molecule has 0 saturated heterocycles. The standard InChI is InChI=1S/C15H13N5O2/c21-10-14(22)12-6-4-11(5-7-12)9-20-15(17-18-19-20)13-3-1-2-8-16-13/h1-8,21H,9-10H2. The third-order valence-electron chi connectivity index (χ3n) is 3.18. The lowest BCUT2D eigenvalue weighted by molar-refractivity contribution is 0.0903. The fourth-order valence-electron chi connectivity index (χ4n) is 2.05. The van der Waals surface area contributed by atoms with Crippen molar-refractivity contribution in [2.45, 2.75) is 6.54 Å². The number of aliphatic hydroxyl groups is 1. The van der Waals surface area contributed by atoms with Crippen LogP contribution in [0.2, 0.25) is 0 Å². The van der Waals surface area contributed by atoms with Crippen LogP contribution in [-0.2, 0) is 6.54 Å². The molecule has 0 aliphatic heterocycles. The van der Waals surface area contributed by atoms with Gasteiger partial charge in [0.25, 0.3) is 0 Å². The first-order valence-electron chi connectivity index (χ1n) is 6.68. The van der Waals surface area contributed by atoms with Gasteiger partial charge in [-0.15, -0.1) is 5.10 Å². The molecule has 2 aromatic heterocycles. The molecule has 110 valence electrons. The lowest BCUT2D eigenvalue weighted by atomic mass is 10.1. The summed E-state index contributed by atoms with van der Waals surface area (Å²) in [6, 6.07) is 12.5. The second-order valence-corrected chi connectivity index (χ2v) is 4.65. The Morgan fingerprint density at radius 3 is 2.64 bits per heavy atom. The molecule has 0 fully saturated rings. The first kappa shape index (κ1) is 14.0. The fraction of sp³-hybridized carbons (Fsp3) is 0.133. The molecular formula is C15H13N5O2. The summed E-state index contributed by atoms with van der Waals surface area (Å²) in [6.07, 6.45) is 1.68. The smallest absolute Gasteiger partial charge is 0.200 e. The summed E-state index contributed by atoms with van der Waals surface area (Å²) in [6.45, 7) is -0.0251. The number of hydrogen-bond donors (Lipinski definition) is 1. The monoisotopic (exact) mass is 295 g/mol. The van der Waals surface area contributed by atoms with Gasteiger partial charge in [-0.2, -0.15) is 0 Å². The van der Waals surface area contributed by atoms with E-state index in [4.69, 9.17) is 5.11 Å². The maximum Gasteiger partial charge on any atom is 0.200 e. The molecule has 0 spiro atoms. The van der Waals surface area contributed by atoms with Crippen molar-refractivity contribution in [3.63, 3.8) is 0 Å². The van der Waals surface area contributed by atoms with Crippen LogP contribution in [0.3, 0.4) is 0 Å². The molecule has 2 heterocycles. The highest BCUT2D eigenvalue weighted by atomic mass is 16.3. The molecule has 0 amide bonds. The lowest BCUT2D eigenvalue weighted by Crippen LogP contribution is -2.07. The molecule has 3 rings (SSSR count). The van der Waals surface area contributed by atoms with E-state index >= 15 is 0 Å². The van der Waals surface area contributed by atoms with E-state index in [9.17, 15) is 4.79 Å². The molecule has 0 aliphatic rings. The number of aromatic nitrogens is 5. The van der Waals surface area contributed by atoms with Crippen LogP contribution < -0.4 is 0 Å². The van der Waals surface area contributed by atoms with Gasteiger partial charge in [-0.3, -0.25) is 9.78 Å². The van der Waals surface area contributed by atoms with E-state index in [2.05, 4.69) is 20.5 Å². The van der Waals surface area contributed by atoms with Gasteiger partial charge in [-0.25, -0.2) is 4.68 Å². The summed E-state index contributed by atoms with van der Waals surface area (Å²) in [5, 5.41) is 20.5. The average Bonchev–Trinajstić information content (AvgIpc) is 3.04. The van der Waals surface area contributed by atoms with Crippen molar-refractivity contribution in [1.29, 1.82) is 0 Å². The first-order valence-corrected chi connectivity index (χ1v) is 6.68. The molecule has 22 heavy (non-hydrogen) atoms. The number of benzene rings is 1. The maximum absolute atomic E-state index is 11.4. The van der Waals surface area contributed by atoms with Crippen molar-refractivity contribution in [3.05, 3.63) is 59.8 Å². The summed E-state index contributed by atoms with van der Waals surface area (Å²) in [7, 11) is 0. The molecule has 0 radical (unpaired) electrons. The summed E-state index contributed by atoms with van der Waals surface area (Å²) in [5.41, 5.74) is 2.12. The quantitative estimate of drug-likeness (QED) is 0.705. The third-order valence-corrected chi connectivity index (χ3v) is 3.18. The van der Waals surface area contributed by atoms with Crippen molar-refractivity contribution < 1.29 is 9.90 Å². The van der Waals surface area contributed by atoms with Crippen molar-refractivity contribution in [2.75, 3.05) is 6.61 Å². The number of rotatable bonds is 5. The van der Waals surface area contributed by atoms with E-state index in [-0.39, 0.29) is 5.78 Å². The van der Waals surface area contributed by atoms with Gasteiger partial charge in [-0.1, -0.05) is 30.3 Å². The van der Waals surface area contributed by atoms with Crippen LogP contribution in [0.25, 0.3) is 11.5 Å². The second-order valence-electron chi connectivity index (χ2n) is 4.65. The van der Waals surface area contributed by atoms with Crippen molar-refractivity contribution in [3.8, 4) is 11.5 Å². The largest absolute Gasteiger partial charge is 0.388 e. The minimum absolute atomic E-state index is 0.303. The van der Waals surface area contributed by atoms with Crippen LogP contribution in [0.5, 0.6) is 0 Å². The zero-order chi connectivity index (χ0) is 15.4. The molecule has 0 saturated carbocycles. The number of ketones is 1. The predicted octanol–water partition coefficient (Wildman–Crippen LogP) is 0.958. The number of carbonyl (C=O) groups is 1. The molecule has 7 heteroatoms. The maximum atomic E-state index is 11.4. The zero-order valence-corrected chi connectivity index (χ0v) is 11.6. The molecular weight excluding hydrogens is 282 g/mol. The second kappa shape index (κ2) is 6.23. The van der Waals surface area contributed by atoms with Crippen LogP contribution in [-0.4, -0.2) is 42.7 Å². The van der Waals surface area contributed by atoms with Crippen molar-refractivity contribution in [1.82, 2.24) is 25.2 Å². The van der Waals surface area contributed by atoms with E-state index in [1.165, 1.54) is 0 Å². The number of nitrogens with zero attached hydrogens (tertiary/aromatic N) is 5. The topological polar surface area (TPSA) is 93.8 Å². The normalized spacial score (nSPS) is 10.6. The molecule has 1 N–H and O–H groups in total. The van der Waals surface area contributed by atoms with Crippen LogP contribution in [0, 0.1) is 0 Å². The van der Waals surface area contributed by atoms with Gasteiger partial charge >= 0.3 is 0 Å². The number of hydrogen-bond acceptors (Lipinski definition) is 6. The Kier molecular flexibility index (Phi) is 3.97. The number of carbonyl (C=O) groups excluding carboxylic acids is 1. The van der Waals surface area contributed by atoms with Gasteiger partial charge in [0.1, 0.15) is 12.3 Å². The number of pyridine rings is 1. The minimum atomic E-state index is -0.490. The molecule has 1 aromatic carbocycles.